The van der Waals surface area contributed by atoms with Crippen molar-refractivity contribution in [3.63, 3.8) is 0 Å². The first-order valence-electron chi connectivity index (χ1n) is 10.1. The maximum absolute atomic E-state index is 12.6. The molecule has 1 spiro atoms. The lowest BCUT2D eigenvalue weighted by molar-refractivity contribution is -0.675. The number of hydrogen-bond acceptors (Lipinski definition) is 4. The van der Waals surface area contributed by atoms with Gasteiger partial charge in [0.05, 0.1) is 18.8 Å². The van der Waals surface area contributed by atoms with Gasteiger partial charge in [0.25, 0.3) is 0 Å². The van der Waals surface area contributed by atoms with Crippen LogP contribution in [0.25, 0.3) is 0 Å². The smallest absolute Gasteiger partial charge is 0.315 e. The number of nitrogens with zero attached hydrogens (tertiary/aromatic N) is 1. The number of carbonyl (C=O) groups is 1. The van der Waals surface area contributed by atoms with E-state index in [1.807, 2.05) is 24.5 Å². The fourth-order valence-electron chi connectivity index (χ4n) is 6.17. The van der Waals surface area contributed by atoms with Gasteiger partial charge in [-0.05, 0) is 55.6 Å². The van der Waals surface area contributed by atoms with E-state index in [4.69, 9.17) is 9.47 Å². The van der Waals surface area contributed by atoms with Crippen molar-refractivity contribution in [2.45, 2.75) is 57.3 Å². The molecule has 26 heavy (non-hydrogen) atoms. The molecule has 0 aromatic carbocycles. The number of quaternary nitrogens is 1. The molecule has 3 heterocycles. The highest BCUT2D eigenvalue weighted by molar-refractivity contribution is 5.75. The number of carbonyl (C=O) groups excluding carboxylic acids is 1. The van der Waals surface area contributed by atoms with Crippen LogP contribution >= 0.6 is 0 Å². The number of nitrogens with two attached hydrogens (primary N) is 1. The molecule has 2 aliphatic carbocycles. The zero-order valence-corrected chi connectivity index (χ0v) is 15.5. The van der Waals surface area contributed by atoms with E-state index in [0.717, 1.165) is 32.5 Å². The molecule has 0 radical (unpaired) electrons. The van der Waals surface area contributed by atoms with E-state index >= 15 is 0 Å². The summed E-state index contributed by atoms with van der Waals surface area (Å²) in [5.74, 6) is 1.03. The topological polar surface area (TPSA) is 68.3 Å². The molecule has 4 fully saturated rings. The van der Waals surface area contributed by atoms with Gasteiger partial charge in [-0.1, -0.05) is 6.92 Å². The molecule has 4 aliphatic rings. The summed E-state index contributed by atoms with van der Waals surface area (Å²) >= 11 is 0. The van der Waals surface area contributed by atoms with Crippen LogP contribution in [0.15, 0.2) is 24.5 Å². The van der Waals surface area contributed by atoms with Crippen molar-refractivity contribution in [2.75, 3.05) is 13.2 Å². The van der Waals surface area contributed by atoms with Crippen LogP contribution in [0.3, 0.4) is 0 Å². The van der Waals surface area contributed by atoms with E-state index < -0.39 is 0 Å². The number of esters is 1. The summed E-state index contributed by atoms with van der Waals surface area (Å²) < 4.78 is 11.9. The van der Waals surface area contributed by atoms with E-state index in [1.165, 1.54) is 24.8 Å². The third-order valence-corrected chi connectivity index (χ3v) is 7.63. The second-order valence-electron chi connectivity index (χ2n) is 9.18. The number of aromatic nitrogens is 1. The number of hydrogen-bond donors (Lipinski definition) is 1. The predicted octanol–water partition coefficient (Wildman–Crippen LogP) is 1.67. The number of fused-ring (bicyclic) bond motifs is 3. The minimum Gasteiger partial charge on any atom is -0.462 e. The quantitative estimate of drug-likeness (QED) is 0.657. The predicted molar refractivity (Wildman–Crippen MR) is 95.0 cm³/mol. The number of pyridine rings is 1. The number of epoxide rings is 1. The summed E-state index contributed by atoms with van der Waals surface area (Å²) in [7, 11) is 0. The van der Waals surface area contributed by atoms with Crippen LogP contribution in [0, 0.1) is 23.2 Å². The summed E-state index contributed by atoms with van der Waals surface area (Å²) in [4.78, 5) is 16.6. The standard InChI is InChI=1S/C21H28N2O3/c1-20-5-2-6-21(13-25-21)18(20)9-15-16(19(24)26-17(15)10-20)12-23-11-14-3-7-22-8-4-14/h3-4,7-8,15-18,23H,2,5-6,9-13H2,1H3/p+1/t15-,16-,17-,18-,20-,21+/m1/s1. The van der Waals surface area contributed by atoms with Crippen molar-refractivity contribution in [3.05, 3.63) is 30.1 Å². The van der Waals surface area contributed by atoms with Gasteiger partial charge in [0.15, 0.2) is 0 Å². The molecule has 140 valence electrons. The average Bonchev–Trinajstić information content (AvgIpc) is 3.33. The van der Waals surface area contributed by atoms with Crippen LogP contribution in [-0.4, -0.2) is 35.8 Å². The van der Waals surface area contributed by atoms with Crippen LogP contribution < -0.4 is 5.32 Å². The van der Waals surface area contributed by atoms with Crippen molar-refractivity contribution >= 4 is 5.97 Å². The molecule has 2 saturated heterocycles. The minimum atomic E-state index is 0.0268. The van der Waals surface area contributed by atoms with Crippen molar-refractivity contribution < 1.29 is 19.6 Å². The Morgan fingerprint density at radius 1 is 1.31 bits per heavy atom. The highest BCUT2D eigenvalue weighted by Crippen LogP contribution is 2.62. The molecular formula is C21H29N2O3+. The summed E-state index contributed by atoms with van der Waals surface area (Å²) in [6.07, 6.45) is 9.60. The monoisotopic (exact) mass is 357 g/mol. The van der Waals surface area contributed by atoms with Gasteiger partial charge in [-0.2, -0.15) is 0 Å². The molecule has 5 rings (SSSR count). The Hall–Kier alpha value is -1.46. The summed E-state index contributed by atoms with van der Waals surface area (Å²) in [5, 5.41) is 2.25. The zero-order valence-electron chi connectivity index (χ0n) is 15.5. The van der Waals surface area contributed by atoms with E-state index in [-0.39, 0.29) is 29.0 Å². The van der Waals surface area contributed by atoms with Gasteiger partial charge in [0.2, 0.25) is 0 Å². The Balaban J connectivity index is 1.28. The van der Waals surface area contributed by atoms with Gasteiger partial charge in [-0.3, -0.25) is 9.78 Å². The van der Waals surface area contributed by atoms with Crippen LogP contribution in [0.2, 0.25) is 0 Å². The van der Waals surface area contributed by atoms with E-state index in [0.29, 0.717) is 11.8 Å². The van der Waals surface area contributed by atoms with Crippen molar-refractivity contribution in [1.29, 1.82) is 0 Å². The third-order valence-electron chi connectivity index (χ3n) is 7.63. The molecule has 2 saturated carbocycles. The van der Waals surface area contributed by atoms with Crippen LogP contribution in [-0.2, 0) is 20.8 Å². The van der Waals surface area contributed by atoms with Crippen LogP contribution in [0.4, 0.5) is 0 Å². The lowest BCUT2D eigenvalue weighted by Gasteiger charge is -2.51. The van der Waals surface area contributed by atoms with Gasteiger partial charge in [0, 0.05) is 23.9 Å². The molecule has 5 nitrogen and oxygen atoms in total. The first kappa shape index (κ1) is 16.7. The van der Waals surface area contributed by atoms with Gasteiger partial charge in [-0.15, -0.1) is 0 Å². The molecule has 6 atom stereocenters. The van der Waals surface area contributed by atoms with Gasteiger partial charge in [0.1, 0.15) is 18.6 Å². The second-order valence-corrected chi connectivity index (χ2v) is 9.18. The van der Waals surface area contributed by atoms with Crippen molar-refractivity contribution in [1.82, 2.24) is 4.98 Å². The minimum absolute atomic E-state index is 0.0268. The van der Waals surface area contributed by atoms with Crippen molar-refractivity contribution in [3.8, 4) is 0 Å². The number of ether oxygens (including phenoxy) is 2. The van der Waals surface area contributed by atoms with Gasteiger partial charge >= 0.3 is 5.97 Å². The molecule has 0 unspecified atom stereocenters. The Labute approximate surface area is 154 Å². The second kappa shape index (κ2) is 6.03. The van der Waals surface area contributed by atoms with E-state index in [2.05, 4.69) is 17.2 Å². The SMILES string of the molecule is C[C@]12CCC[C@]3(CO3)[C@@H]1C[C@H]1[C@@H](C2)OC(=O)[C@@H]1C[NH2+]Cc1ccncc1. The third kappa shape index (κ3) is 2.67. The largest absolute Gasteiger partial charge is 0.462 e. The molecule has 1 aromatic rings. The molecular weight excluding hydrogens is 328 g/mol. The average molecular weight is 357 g/mol. The summed E-state index contributed by atoms with van der Waals surface area (Å²) in [6, 6.07) is 4.07. The first-order valence-corrected chi connectivity index (χ1v) is 10.1. The van der Waals surface area contributed by atoms with Gasteiger partial charge in [-0.25, -0.2) is 0 Å². The van der Waals surface area contributed by atoms with Gasteiger partial charge < -0.3 is 14.8 Å². The maximum atomic E-state index is 12.6. The summed E-state index contributed by atoms with van der Waals surface area (Å²) in [5.41, 5.74) is 1.66. The lowest BCUT2D eigenvalue weighted by atomic mass is 9.53. The maximum Gasteiger partial charge on any atom is 0.315 e. The van der Waals surface area contributed by atoms with Crippen LogP contribution in [0.1, 0.15) is 44.6 Å². The Kier molecular flexibility index (Phi) is 3.87. The normalized spacial score (nSPS) is 43.7. The molecule has 0 amide bonds. The van der Waals surface area contributed by atoms with E-state index in [1.54, 1.807) is 0 Å². The first-order chi connectivity index (χ1) is 12.6. The molecule has 5 heteroatoms. The van der Waals surface area contributed by atoms with E-state index in [9.17, 15) is 4.79 Å². The fraction of sp³-hybridized carbons (Fsp3) is 0.714. The lowest BCUT2D eigenvalue weighted by Crippen LogP contribution is -2.84. The Bertz CT molecular complexity index is 690. The van der Waals surface area contributed by atoms with Crippen molar-refractivity contribution in [2.24, 2.45) is 23.2 Å². The zero-order chi connectivity index (χ0) is 17.8. The summed E-state index contributed by atoms with van der Waals surface area (Å²) in [6.45, 7) is 5.04. The molecule has 0 bridgehead atoms. The molecule has 2 N–H and O–H groups in total. The highest BCUT2D eigenvalue weighted by atomic mass is 16.6. The molecule has 1 aromatic heterocycles. The highest BCUT2D eigenvalue weighted by Gasteiger charge is 2.65. The number of rotatable bonds is 4. The van der Waals surface area contributed by atoms with Crippen LogP contribution in [0.5, 0.6) is 0 Å². The molecule has 2 aliphatic heterocycles. The Morgan fingerprint density at radius 2 is 2.12 bits per heavy atom. The Morgan fingerprint density at radius 3 is 2.88 bits per heavy atom. The fourth-order valence-corrected chi connectivity index (χ4v) is 6.17.